The highest BCUT2D eigenvalue weighted by Crippen LogP contribution is 2.26. The Balaban J connectivity index is 1.91. The van der Waals surface area contributed by atoms with Gasteiger partial charge in [-0.2, -0.15) is 0 Å². The van der Waals surface area contributed by atoms with E-state index in [9.17, 15) is 4.79 Å². The Bertz CT molecular complexity index is 1060. The van der Waals surface area contributed by atoms with Crippen molar-refractivity contribution in [2.75, 3.05) is 18.4 Å². The smallest absolute Gasteiger partial charge is 0.253 e. The molecular weight excluding hydrogens is 452 g/mol. The fraction of sp³-hybridized carbons (Fsp3) is 0.440. The number of fused-ring (bicyclic) bond motifs is 1. The summed E-state index contributed by atoms with van der Waals surface area (Å²) in [6.07, 6.45) is 0.952. The number of carbonyl (C=O) groups is 1. The van der Waals surface area contributed by atoms with Crippen LogP contribution in [0.2, 0.25) is 0 Å². The lowest BCUT2D eigenvalue weighted by Gasteiger charge is -2.26. The van der Waals surface area contributed by atoms with E-state index in [1.807, 2.05) is 40.8 Å². The van der Waals surface area contributed by atoms with E-state index in [4.69, 9.17) is 4.98 Å². The number of carbonyl (C=O) groups excluding carboxylic acids is 1. The van der Waals surface area contributed by atoms with Crippen molar-refractivity contribution < 1.29 is 4.79 Å². The standard InChI is InChI=1S/C25H33BrN4O/c1-7-18-12-20(9-10-21(18)26)27-25-28-22-11-8-19(13-23(22)29(25)6)24(31)30(14-16(2)3)15-17(4)5/h8-13,16-17H,7,14-15H2,1-6H3,(H,27,28). The predicted molar refractivity (Wildman–Crippen MR) is 133 cm³/mol. The van der Waals surface area contributed by atoms with Crippen LogP contribution in [0.25, 0.3) is 11.0 Å². The van der Waals surface area contributed by atoms with Crippen molar-refractivity contribution in [3.05, 3.63) is 52.0 Å². The van der Waals surface area contributed by atoms with Gasteiger partial charge in [0, 0.05) is 35.9 Å². The van der Waals surface area contributed by atoms with Crippen LogP contribution in [-0.2, 0) is 13.5 Å². The predicted octanol–water partition coefficient (Wildman–Crippen LogP) is 6.40. The van der Waals surface area contributed by atoms with Gasteiger partial charge in [0.1, 0.15) is 0 Å². The van der Waals surface area contributed by atoms with E-state index in [-0.39, 0.29) is 5.91 Å². The van der Waals surface area contributed by atoms with Crippen molar-refractivity contribution in [3.63, 3.8) is 0 Å². The second-order valence-corrected chi connectivity index (χ2v) is 9.83. The summed E-state index contributed by atoms with van der Waals surface area (Å²) in [7, 11) is 1.98. The highest BCUT2D eigenvalue weighted by atomic mass is 79.9. The van der Waals surface area contributed by atoms with Gasteiger partial charge in [0.2, 0.25) is 5.95 Å². The summed E-state index contributed by atoms with van der Waals surface area (Å²) in [6.45, 7) is 12.3. The number of hydrogen-bond acceptors (Lipinski definition) is 3. The molecule has 1 heterocycles. The second-order valence-electron chi connectivity index (χ2n) is 8.98. The van der Waals surface area contributed by atoms with Crippen molar-refractivity contribution >= 4 is 44.5 Å². The molecule has 1 amide bonds. The van der Waals surface area contributed by atoms with Crippen molar-refractivity contribution in [2.24, 2.45) is 18.9 Å². The zero-order valence-electron chi connectivity index (χ0n) is 19.4. The van der Waals surface area contributed by atoms with Crippen molar-refractivity contribution in [3.8, 4) is 0 Å². The number of halogens is 1. The third-order valence-electron chi connectivity index (χ3n) is 5.27. The van der Waals surface area contributed by atoms with Gasteiger partial charge in [-0.25, -0.2) is 4.98 Å². The first kappa shape index (κ1) is 23.3. The van der Waals surface area contributed by atoms with Crippen LogP contribution in [-0.4, -0.2) is 33.4 Å². The number of anilines is 2. The third kappa shape index (κ3) is 5.48. The van der Waals surface area contributed by atoms with Gasteiger partial charge in [0.15, 0.2) is 0 Å². The number of nitrogens with zero attached hydrogens (tertiary/aromatic N) is 3. The molecule has 0 unspecified atom stereocenters. The fourth-order valence-electron chi connectivity index (χ4n) is 3.79. The van der Waals surface area contributed by atoms with Gasteiger partial charge in [-0.3, -0.25) is 4.79 Å². The minimum Gasteiger partial charge on any atom is -0.338 e. The summed E-state index contributed by atoms with van der Waals surface area (Å²) in [5.41, 5.74) is 4.76. The molecule has 0 aliphatic rings. The van der Waals surface area contributed by atoms with Crippen LogP contribution in [0.15, 0.2) is 40.9 Å². The molecule has 166 valence electrons. The van der Waals surface area contributed by atoms with Crippen LogP contribution in [0.4, 0.5) is 11.6 Å². The van der Waals surface area contributed by atoms with Gasteiger partial charge >= 0.3 is 0 Å². The number of hydrogen-bond donors (Lipinski definition) is 1. The van der Waals surface area contributed by atoms with E-state index in [0.29, 0.717) is 17.4 Å². The van der Waals surface area contributed by atoms with Gasteiger partial charge < -0.3 is 14.8 Å². The molecular formula is C25H33BrN4O. The van der Waals surface area contributed by atoms with Crippen molar-refractivity contribution in [2.45, 2.75) is 41.0 Å². The Kier molecular flexibility index (Phi) is 7.42. The highest BCUT2D eigenvalue weighted by Gasteiger charge is 2.19. The molecule has 0 saturated carbocycles. The van der Waals surface area contributed by atoms with Crippen LogP contribution >= 0.6 is 15.9 Å². The Morgan fingerprint density at radius 2 is 1.77 bits per heavy atom. The van der Waals surface area contributed by atoms with E-state index in [1.165, 1.54) is 5.56 Å². The van der Waals surface area contributed by atoms with Gasteiger partial charge in [-0.05, 0) is 60.2 Å². The lowest BCUT2D eigenvalue weighted by molar-refractivity contribution is 0.0715. The molecule has 31 heavy (non-hydrogen) atoms. The molecule has 6 heteroatoms. The zero-order valence-corrected chi connectivity index (χ0v) is 21.0. The van der Waals surface area contributed by atoms with E-state index in [1.54, 1.807) is 0 Å². The van der Waals surface area contributed by atoms with E-state index in [0.717, 1.165) is 46.7 Å². The number of nitrogens with one attached hydrogen (secondary N) is 1. The summed E-state index contributed by atoms with van der Waals surface area (Å²) < 4.78 is 3.12. The fourth-order valence-corrected chi connectivity index (χ4v) is 4.32. The zero-order chi connectivity index (χ0) is 22.7. The van der Waals surface area contributed by atoms with Gasteiger partial charge in [-0.1, -0.05) is 50.5 Å². The maximum Gasteiger partial charge on any atom is 0.253 e. The minimum atomic E-state index is 0.0838. The van der Waals surface area contributed by atoms with Crippen LogP contribution in [0.1, 0.15) is 50.5 Å². The lowest BCUT2D eigenvalue weighted by Crippen LogP contribution is -2.37. The summed E-state index contributed by atoms with van der Waals surface area (Å²) in [4.78, 5) is 20.0. The van der Waals surface area contributed by atoms with Gasteiger partial charge in [0.05, 0.1) is 11.0 Å². The first-order valence-electron chi connectivity index (χ1n) is 11.0. The van der Waals surface area contributed by atoms with Crippen LogP contribution in [0, 0.1) is 11.8 Å². The normalized spacial score (nSPS) is 11.5. The topological polar surface area (TPSA) is 50.2 Å². The number of amides is 1. The van der Waals surface area contributed by atoms with E-state index < -0.39 is 0 Å². The molecule has 0 fully saturated rings. The minimum absolute atomic E-state index is 0.0838. The number of rotatable bonds is 8. The molecule has 0 atom stereocenters. The number of aryl methyl sites for hydroxylation is 2. The summed E-state index contributed by atoms with van der Waals surface area (Å²) in [6, 6.07) is 12.0. The molecule has 0 saturated heterocycles. The van der Waals surface area contributed by atoms with Gasteiger partial charge in [0.25, 0.3) is 5.91 Å². The van der Waals surface area contributed by atoms with Gasteiger partial charge in [-0.15, -0.1) is 0 Å². The molecule has 0 bridgehead atoms. The number of benzene rings is 2. The summed E-state index contributed by atoms with van der Waals surface area (Å²) >= 11 is 3.60. The average Bonchev–Trinajstić information content (AvgIpc) is 3.02. The Morgan fingerprint density at radius 3 is 2.39 bits per heavy atom. The summed E-state index contributed by atoms with van der Waals surface area (Å²) in [5.74, 6) is 1.70. The second kappa shape index (κ2) is 9.86. The number of imidazole rings is 1. The third-order valence-corrected chi connectivity index (χ3v) is 6.04. The molecule has 2 aromatic carbocycles. The number of aromatic nitrogens is 2. The molecule has 0 spiro atoms. The van der Waals surface area contributed by atoms with Crippen LogP contribution in [0.5, 0.6) is 0 Å². The molecule has 5 nitrogen and oxygen atoms in total. The first-order chi connectivity index (χ1) is 14.7. The molecule has 3 rings (SSSR count). The molecule has 0 aliphatic heterocycles. The molecule has 3 aromatic rings. The van der Waals surface area contributed by atoms with Crippen molar-refractivity contribution in [1.82, 2.24) is 14.5 Å². The Labute approximate surface area is 194 Å². The monoisotopic (exact) mass is 484 g/mol. The van der Waals surface area contributed by atoms with Crippen LogP contribution < -0.4 is 5.32 Å². The average molecular weight is 485 g/mol. The SMILES string of the molecule is CCc1cc(Nc2nc3ccc(C(=O)N(CC(C)C)CC(C)C)cc3n2C)ccc1Br. The maximum absolute atomic E-state index is 13.2. The Hall–Kier alpha value is -2.34. The molecule has 1 N–H and O–H groups in total. The van der Waals surface area contributed by atoms with Crippen molar-refractivity contribution in [1.29, 1.82) is 0 Å². The largest absolute Gasteiger partial charge is 0.338 e. The highest BCUT2D eigenvalue weighted by molar-refractivity contribution is 9.10. The summed E-state index contributed by atoms with van der Waals surface area (Å²) in [5, 5.41) is 3.42. The maximum atomic E-state index is 13.2. The van der Waals surface area contributed by atoms with E-state index >= 15 is 0 Å². The van der Waals surface area contributed by atoms with Crippen LogP contribution in [0.3, 0.4) is 0 Å². The quantitative estimate of drug-likeness (QED) is 0.402. The first-order valence-corrected chi connectivity index (χ1v) is 11.8. The molecule has 0 radical (unpaired) electrons. The lowest BCUT2D eigenvalue weighted by atomic mass is 10.1. The molecule has 1 aromatic heterocycles. The Morgan fingerprint density at radius 1 is 1.10 bits per heavy atom. The van der Waals surface area contributed by atoms with E-state index in [2.05, 4.69) is 68.0 Å². The molecule has 0 aliphatic carbocycles.